The van der Waals surface area contributed by atoms with Crippen LogP contribution in [0.2, 0.25) is 0 Å². The summed E-state index contributed by atoms with van der Waals surface area (Å²) in [6, 6.07) is 7.94. The molecular formula is C16H13F3N2O3S. The van der Waals surface area contributed by atoms with Gasteiger partial charge in [-0.1, -0.05) is 36.4 Å². The molecule has 0 saturated carbocycles. The maximum absolute atomic E-state index is 13.6. The van der Waals surface area contributed by atoms with Crippen LogP contribution in [0, 0.1) is 5.92 Å². The highest BCUT2D eigenvalue weighted by Crippen LogP contribution is 2.44. The minimum Gasteiger partial charge on any atom is -0.363 e. The lowest BCUT2D eigenvalue weighted by molar-refractivity contribution is -0.287. The first-order valence-corrected chi connectivity index (χ1v) is 8.12. The molecule has 1 saturated heterocycles. The Bertz CT molecular complexity index is 780. The van der Waals surface area contributed by atoms with E-state index in [1.54, 1.807) is 17.5 Å². The molecule has 9 heteroatoms. The molecule has 2 heterocycles. The molecule has 3 N–H and O–H groups in total. The number of nitrogens with one attached hydrogen (secondary N) is 2. The lowest BCUT2D eigenvalue weighted by Crippen LogP contribution is -2.72. The zero-order valence-electron chi connectivity index (χ0n) is 12.6. The Labute approximate surface area is 144 Å². The fourth-order valence-electron chi connectivity index (χ4n) is 2.83. The van der Waals surface area contributed by atoms with E-state index in [1.807, 2.05) is 0 Å². The van der Waals surface area contributed by atoms with E-state index in [0.717, 1.165) is 11.3 Å². The van der Waals surface area contributed by atoms with Crippen molar-refractivity contribution in [1.29, 1.82) is 0 Å². The maximum atomic E-state index is 13.6. The van der Waals surface area contributed by atoms with Crippen molar-refractivity contribution in [3.8, 4) is 0 Å². The summed E-state index contributed by atoms with van der Waals surface area (Å²) in [4.78, 5) is 24.9. The molecule has 2 amide bonds. The fraction of sp³-hybridized carbons (Fsp3) is 0.250. The van der Waals surface area contributed by atoms with Gasteiger partial charge in [0, 0.05) is 10.4 Å². The van der Waals surface area contributed by atoms with Crippen molar-refractivity contribution in [3.05, 3.63) is 58.3 Å². The third-order valence-corrected chi connectivity index (χ3v) is 4.95. The van der Waals surface area contributed by atoms with Crippen molar-refractivity contribution in [2.24, 2.45) is 5.92 Å². The molecule has 3 rings (SSSR count). The highest BCUT2D eigenvalue weighted by Gasteiger charge is 2.66. The van der Waals surface area contributed by atoms with Gasteiger partial charge in [-0.25, -0.2) is 4.79 Å². The fourth-order valence-corrected chi connectivity index (χ4v) is 3.64. The first kappa shape index (κ1) is 17.4. The number of hydrogen-bond acceptors (Lipinski definition) is 4. The quantitative estimate of drug-likeness (QED) is 0.727. The molecule has 25 heavy (non-hydrogen) atoms. The number of thiophene rings is 1. The SMILES string of the molecule is O=C1N[C@@H](c2cccs2)[C@H](C(=O)c2ccccc2)[C@@](O)(C(F)(F)F)N1. The first-order chi connectivity index (χ1) is 11.7. The number of halogens is 3. The van der Waals surface area contributed by atoms with Gasteiger partial charge in [-0.3, -0.25) is 4.79 Å². The molecule has 0 bridgehead atoms. The number of alkyl halides is 3. The predicted octanol–water partition coefficient (Wildman–Crippen LogP) is 2.85. The molecule has 5 nitrogen and oxygen atoms in total. The largest absolute Gasteiger partial charge is 0.437 e. The Morgan fingerprint density at radius 1 is 1.16 bits per heavy atom. The third-order valence-electron chi connectivity index (χ3n) is 4.00. The Balaban J connectivity index is 2.14. The van der Waals surface area contributed by atoms with Gasteiger partial charge in [0.2, 0.25) is 5.72 Å². The van der Waals surface area contributed by atoms with E-state index in [2.05, 4.69) is 5.32 Å². The van der Waals surface area contributed by atoms with Gasteiger partial charge in [0.15, 0.2) is 5.78 Å². The number of carbonyl (C=O) groups is 2. The zero-order valence-corrected chi connectivity index (χ0v) is 13.4. The minimum absolute atomic E-state index is 0.00896. The lowest BCUT2D eigenvalue weighted by atomic mass is 9.79. The van der Waals surface area contributed by atoms with Gasteiger partial charge in [-0.15, -0.1) is 11.3 Å². The van der Waals surface area contributed by atoms with Gasteiger partial charge < -0.3 is 15.7 Å². The van der Waals surface area contributed by atoms with Crippen LogP contribution in [-0.2, 0) is 0 Å². The lowest BCUT2D eigenvalue weighted by Gasteiger charge is -2.44. The van der Waals surface area contributed by atoms with Gasteiger partial charge in [0.05, 0.1) is 6.04 Å². The molecule has 1 aliphatic rings. The molecule has 1 fully saturated rings. The second-order valence-electron chi connectivity index (χ2n) is 5.56. The van der Waals surface area contributed by atoms with Crippen LogP contribution in [-0.4, -0.2) is 28.8 Å². The summed E-state index contributed by atoms with van der Waals surface area (Å²) in [7, 11) is 0. The molecule has 3 atom stereocenters. The van der Waals surface area contributed by atoms with Crippen molar-refractivity contribution in [2.75, 3.05) is 0 Å². The first-order valence-electron chi connectivity index (χ1n) is 7.24. The van der Waals surface area contributed by atoms with Gasteiger partial charge in [-0.2, -0.15) is 13.2 Å². The number of Topliss-reactive ketones (excluding diaryl/α,β-unsaturated/α-hetero) is 1. The van der Waals surface area contributed by atoms with Crippen molar-refractivity contribution in [1.82, 2.24) is 10.6 Å². The summed E-state index contributed by atoms with van der Waals surface area (Å²) in [5.41, 5.74) is -3.67. The van der Waals surface area contributed by atoms with Crippen molar-refractivity contribution in [2.45, 2.75) is 17.9 Å². The molecule has 132 valence electrons. The van der Waals surface area contributed by atoms with Gasteiger partial charge in [0.25, 0.3) is 0 Å². The topological polar surface area (TPSA) is 78.4 Å². The van der Waals surface area contributed by atoms with Crippen LogP contribution in [0.4, 0.5) is 18.0 Å². The van der Waals surface area contributed by atoms with Crippen LogP contribution < -0.4 is 10.6 Å². The van der Waals surface area contributed by atoms with Crippen LogP contribution in [0.5, 0.6) is 0 Å². The van der Waals surface area contributed by atoms with E-state index in [0.29, 0.717) is 4.88 Å². The second kappa shape index (κ2) is 6.16. The van der Waals surface area contributed by atoms with E-state index in [9.17, 15) is 27.9 Å². The number of ketones is 1. The Morgan fingerprint density at radius 2 is 1.84 bits per heavy atom. The average molecular weight is 370 g/mol. The summed E-state index contributed by atoms with van der Waals surface area (Å²) >= 11 is 1.09. The summed E-state index contributed by atoms with van der Waals surface area (Å²) in [6.45, 7) is 0. The summed E-state index contributed by atoms with van der Waals surface area (Å²) in [5, 5.41) is 15.8. The highest BCUT2D eigenvalue weighted by atomic mass is 32.1. The molecule has 1 aromatic carbocycles. The standard InChI is InChI=1S/C16H13F3N2O3S/c17-16(18,19)15(24)11(13(22)9-5-2-1-3-6-9)12(20-14(23)21-15)10-7-4-8-25-10/h1-8,11-12,24H,(H2,20,21,23)/t11-,12+,15-/m1/s1. The normalized spacial score (nSPS) is 26.6. The second-order valence-corrected chi connectivity index (χ2v) is 6.54. The molecule has 0 spiro atoms. The average Bonchev–Trinajstić information content (AvgIpc) is 3.08. The number of benzene rings is 1. The predicted molar refractivity (Wildman–Crippen MR) is 84.0 cm³/mol. The summed E-state index contributed by atoms with van der Waals surface area (Å²) < 4.78 is 40.8. The summed E-state index contributed by atoms with van der Waals surface area (Å²) in [6.07, 6.45) is -5.24. The molecule has 0 unspecified atom stereocenters. The number of hydrogen-bond donors (Lipinski definition) is 3. The van der Waals surface area contributed by atoms with E-state index in [1.165, 1.54) is 35.6 Å². The van der Waals surface area contributed by atoms with Crippen molar-refractivity contribution >= 4 is 23.2 Å². The summed E-state index contributed by atoms with van der Waals surface area (Å²) in [5.74, 6) is -2.91. The smallest absolute Gasteiger partial charge is 0.363 e. The number of rotatable bonds is 3. The van der Waals surface area contributed by atoms with E-state index < -0.39 is 35.7 Å². The molecule has 0 aliphatic carbocycles. The Morgan fingerprint density at radius 3 is 2.40 bits per heavy atom. The van der Waals surface area contributed by atoms with E-state index >= 15 is 0 Å². The minimum atomic E-state index is -5.24. The van der Waals surface area contributed by atoms with Gasteiger partial charge in [0.1, 0.15) is 5.92 Å². The molecule has 2 aromatic rings. The Kier molecular flexibility index (Phi) is 4.29. The highest BCUT2D eigenvalue weighted by molar-refractivity contribution is 7.10. The molecule has 1 aromatic heterocycles. The molecular weight excluding hydrogens is 357 g/mol. The molecule has 0 radical (unpaired) electrons. The van der Waals surface area contributed by atoms with E-state index in [-0.39, 0.29) is 5.56 Å². The number of carbonyl (C=O) groups excluding carboxylic acids is 2. The van der Waals surface area contributed by atoms with Crippen LogP contribution >= 0.6 is 11.3 Å². The van der Waals surface area contributed by atoms with Gasteiger partial charge in [-0.05, 0) is 11.4 Å². The van der Waals surface area contributed by atoms with Gasteiger partial charge >= 0.3 is 12.2 Å². The number of aliphatic hydroxyl groups is 1. The molecule has 1 aliphatic heterocycles. The van der Waals surface area contributed by atoms with Crippen LogP contribution in [0.25, 0.3) is 0 Å². The van der Waals surface area contributed by atoms with Crippen LogP contribution in [0.3, 0.4) is 0 Å². The van der Waals surface area contributed by atoms with Crippen molar-refractivity contribution in [3.63, 3.8) is 0 Å². The third kappa shape index (κ3) is 3.00. The van der Waals surface area contributed by atoms with Crippen LogP contribution in [0.1, 0.15) is 21.3 Å². The number of urea groups is 1. The Hall–Kier alpha value is -2.39. The van der Waals surface area contributed by atoms with E-state index in [4.69, 9.17) is 0 Å². The van der Waals surface area contributed by atoms with Crippen LogP contribution in [0.15, 0.2) is 47.8 Å². The zero-order chi connectivity index (χ0) is 18.2. The van der Waals surface area contributed by atoms with Crippen molar-refractivity contribution < 1.29 is 27.9 Å². The number of amides is 2. The maximum Gasteiger partial charge on any atom is 0.437 e. The monoisotopic (exact) mass is 370 g/mol.